The molecule has 2 heterocycles. The van der Waals surface area contributed by atoms with Gasteiger partial charge in [0.1, 0.15) is 0 Å². The summed E-state index contributed by atoms with van der Waals surface area (Å²) in [4.78, 5) is 27.7. The smallest absolute Gasteiger partial charge is 0.311 e. The average molecular weight is 490 g/mol. The molecular formula is C26H29Cl2NO4. The second kappa shape index (κ2) is 8.94. The highest BCUT2D eigenvalue weighted by Gasteiger charge is 2.61. The van der Waals surface area contributed by atoms with Crippen LogP contribution in [0.5, 0.6) is 0 Å². The molecule has 1 N–H and O–H groups in total. The number of carbonyl (C=O) groups is 2. The van der Waals surface area contributed by atoms with Crippen molar-refractivity contribution < 1.29 is 19.4 Å². The number of benzene rings is 2. The topological polar surface area (TPSA) is 66.8 Å². The molecule has 1 spiro atoms. The van der Waals surface area contributed by atoms with Gasteiger partial charge in [-0.15, -0.1) is 0 Å². The van der Waals surface area contributed by atoms with E-state index >= 15 is 0 Å². The van der Waals surface area contributed by atoms with Crippen molar-refractivity contribution >= 4 is 35.1 Å². The fraction of sp³-hybridized carbons (Fsp3) is 0.462. The third kappa shape index (κ3) is 4.77. The van der Waals surface area contributed by atoms with Gasteiger partial charge in [-0.2, -0.15) is 0 Å². The molecule has 2 aromatic carbocycles. The molecule has 0 radical (unpaired) electrons. The van der Waals surface area contributed by atoms with E-state index in [0.29, 0.717) is 29.3 Å². The van der Waals surface area contributed by atoms with Crippen LogP contribution in [0.3, 0.4) is 0 Å². The Balaban J connectivity index is 1.88. The molecule has 0 aromatic heterocycles. The Bertz CT molecular complexity index is 1040. The lowest BCUT2D eigenvalue weighted by Crippen LogP contribution is -2.66. The van der Waals surface area contributed by atoms with Crippen LogP contribution < -0.4 is 0 Å². The van der Waals surface area contributed by atoms with Crippen molar-refractivity contribution in [3.63, 3.8) is 0 Å². The van der Waals surface area contributed by atoms with Crippen molar-refractivity contribution in [2.45, 2.75) is 75.7 Å². The molecule has 4 rings (SSSR count). The molecule has 2 fully saturated rings. The number of amides is 1. The number of halogens is 2. The summed E-state index contributed by atoms with van der Waals surface area (Å²) >= 11 is 12.5. The summed E-state index contributed by atoms with van der Waals surface area (Å²) in [6.07, 6.45) is 1.48. The van der Waals surface area contributed by atoms with E-state index in [-0.39, 0.29) is 36.3 Å². The fourth-order valence-electron chi connectivity index (χ4n) is 5.28. The Morgan fingerprint density at radius 2 is 1.79 bits per heavy atom. The highest BCUT2D eigenvalue weighted by Crippen LogP contribution is 2.53. The van der Waals surface area contributed by atoms with Gasteiger partial charge in [0, 0.05) is 28.4 Å². The number of rotatable bonds is 6. The van der Waals surface area contributed by atoms with Crippen LogP contribution in [0.25, 0.3) is 0 Å². The zero-order valence-electron chi connectivity index (χ0n) is 19.1. The summed E-state index contributed by atoms with van der Waals surface area (Å²) < 4.78 is 5.57. The second-order valence-electron chi connectivity index (χ2n) is 9.80. The van der Waals surface area contributed by atoms with Crippen LogP contribution in [-0.2, 0) is 14.3 Å². The lowest BCUT2D eigenvalue weighted by Gasteiger charge is -2.55. The molecule has 1 amide bonds. The molecule has 2 saturated heterocycles. The van der Waals surface area contributed by atoms with Gasteiger partial charge in [0.05, 0.1) is 18.1 Å². The molecule has 2 aliphatic heterocycles. The van der Waals surface area contributed by atoms with Crippen LogP contribution in [0, 0.1) is 0 Å². The second-order valence-corrected chi connectivity index (χ2v) is 10.7. The Labute approximate surface area is 204 Å². The van der Waals surface area contributed by atoms with Crippen LogP contribution >= 0.6 is 23.2 Å². The highest BCUT2D eigenvalue weighted by atomic mass is 35.5. The first-order chi connectivity index (χ1) is 15.5. The molecule has 5 nitrogen and oxygen atoms in total. The van der Waals surface area contributed by atoms with Crippen molar-refractivity contribution in [2.24, 2.45) is 0 Å². The van der Waals surface area contributed by atoms with E-state index in [2.05, 4.69) is 0 Å². The van der Waals surface area contributed by atoms with Crippen LogP contribution in [0.1, 0.15) is 69.5 Å². The van der Waals surface area contributed by atoms with Gasteiger partial charge in [-0.05, 0) is 62.1 Å². The predicted molar refractivity (Wildman–Crippen MR) is 128 cm³/mol. The SMILES string of the molecule is CCC(CC(C)(C)O)N1C(=O)C2(CC(=O)O2)CC(c2cccc(Cl)c2)C1c1ccc(Cl)cc1. The monoisotopic (exact) mass is 489 g/mol. The molecule has 4 atom stereocenters. The third-order valence-corrected chi connectivity index (χ3v) is 7.17. The largest absolute Gasteiger partial charge is 0.448 e. The van der Waals surface area contributed by atoms with Crippen molar-refractivity contribution in [3.05, 3.63) is 69.7 Å². The quantitative estimate of drug-likeness (QED) is 0.530. The first-order valence-electron chi connectivity index (χ1n) is 11.3. The molecule has 7 heteroatoms. The van der Waals surface area contributed by atoms with Crippen molar-refractivity contribution in [1.29, 1.82) is 0 Å². The molecule has 176 valence electrons. The van der Waals surface area contributed by atoms with E-state index in [1.165, 1.54) is 0 Å². The number of piperidine rings is 1. The fourth-order valence-corrected chi connectivity index (χ4v) is 5.61. The lowest BCUT2D eigenvalue weighted by atomic mass is 9.70. The summed E-state index contributed by atoms with van der Waals surface area (Å²) in [6, 6.07) is 14.5. The highest BCUT2D eigenvalue weighted by molar-refractivity contribution is 6.30. The number of ether oxygens (including phenoxy) is 1. The summed E-state index contributed by atoms with van der Waals surface area (Å²) in [5.74, 6) is -0.725. The van der Waals surface area contributed by atoms with Crippen LogP contribution in [0.15, 0.2) is 48.5 Å². The zero-order chi connectivity index (χ0) is 24.0. The number of hydrogen-bond acceptors (Lipinski definition) is 4. The maximum absolute atomic E-state index is 14.0. The summed E-state index contributed by atoms with van der Waals surface area (Å²) in [7, 11) is 0. The first-order valence-corrected chi connectivity index (χ1v) is 12.1. The average Bonchev–Trinajstić information content (AvgIpc) is 2.72. The third-order valence-electron chi connectivity index (χ3n) is 6.68. The Hall–Kier alpha value is -2.08. The van der Waals surface area contributed by atoms with E-state index in [4.69, 9.17) is 27.9 Å². The summed E-state index contributed by atoms with van der Waals surface area (Å²) in [5, 5.41) is 11.9. The number of nitrogens with zero attached hydrogens (tertiary/aromatic N) is 1. The van der Waals surface area contributed by atoms with E-state index in [1.807, 2.05) is 60.4 Å². The molecule has 0 aliphatic carbocycles. The van der Waals surface area contributed by atoms with E-state index in [0.717, 1.165) is 11.1 Å². The number of esters is 1. The molecule has 4 unspecified atom stereocenters. The van der Waals surface area contributed by atoms with Gasteiger partial charge in [0.15, 0.2) is 0 Å². The lowest BCUT2D eigenvalue weighted by molar-refractivity contribution is -0.213. The maximum Gasteiger partial charge on any atom is 0.311 e. The summed E-state index contributed by atoms with van der Waals surface area (Å²) in [5.41, 5.74) is -0.245. The van der Waals surface area contributed by atoms with Crippen LogP contribution in [0.2, 0.25) is 10.0 Å². The van der Waals surface area contributed by atoms with Crippen molar-refractivity contribution in [3.8, 4) is 0 Å². The predicted octanol–water partition coefficient (Wildman–Crippen LogP) is 5.68. The molecule has 2 aliphatic rings. The molecule has 0 bridgehead atoms. The Morgan fingerprint density at radius 1 is 1.12 bits per heavy atom. The number of hydrogen-bond donors (Lipinski definition) is 1. The van der Waals surface area contributed by atoms with Gasteiger partial charge in [0.25, 0.3) is 5.91 Å². The normalized spacial score (nSPS) is 26.2. The van der Waals surface area contributed by atoms with E-state index in [9.17, 15) is 14.7 Å². The Kier molecular flexibility index (Phi) is 6.51. The van der Waals surface area contributed by atoms with Gasteiger partial charge in [-0.1, -0.05) is 54.4 Å². The molecule has 0 saturated carbocycles. The van der Waals surface area contributed by atoms with E-state index in [1.54, 1.807) is 13.8 Å². The minimum atomic E-state index is -1.18. The standard InChI is InChI=1S/C26H29Cl2NO4/c1-4-20(13-25(2,3)32)29-23(16-8-10-18(27)11-9-16)21(17-6-5-7-19(28)12-17)14-26(24(29)31)15-22(30)33-26/h5-12,20-21,23,32H,4,13-15H2,1-3H3. The Morgan fingerprint density at radius 3 is 2.33 bits per heavy atom. The van der Waals surface area contributed by atoms with Gasteiger partial charge < -0.3 is 14.7 Å². The molecule has 2 aromatic rings. The van der Waals surface area contributed by atoms with Crippen molar-refractivity contribution in [1.82, 2.24) is 4.90 Å². The van der Waals surface area contributed by atoms with E-state index < -0.39 is 11.2 Å². The molecular weight excluding hydrogens is 461 g/mol. The van der Waals surface area contributed by atoms with Crippen LogP contribution in [0.4, 0.5) is 0 Å². The van der Waals surface area contributed by atoms with Crippen LogP contribution in [-0.4, -0.2) is 39.1 Å². The van der Waals surface area contributed by atoms with Gasteiger partial charge in [-0.3, -0.25) is 9.59 Å². The minimum Gasteiger partial charge on any atom is -0.448 e. The number of aliphatic hydroxyl groups is 1. The number of likely N-dealkylation sites (tertiary alicyclic amines) is 1. The maximum atomic E-state index is 14.0. The van der Waals surface area contributed by atoms with Gasteiger partial charge in [0.2, 0.25) is 5.60 Å². The minimum absolute atomic E-state index is 0.0612. The van der Waals surface area contributed by atoms with Gasteiger partial charge in [-0.25, -0.2) is 0 Å². The number of carbonyl (C=O) groups excluding carboxylic acids is 2. The first kappa shape index (κ1) is 24.1. The van der Waals surface area contributed by atoms with Crippen molar-refractivity contribution in [2.75, 3.05) is 0 Å². The van der Waals surface area contributed by atoms with Gasteiger partial charge >= 0.3 is 5.97 Å². The molecule has 33 heavy (non-hydrogen) atoms. The summed E-state index contributed by atoms with van der Waals surface area (Å²) in [6.45, 7) is 5.50. The zero-order valence-corrected chi connectivity index (χ0v) is 20.6.